The maximum Gasteiger partial charge on any atom is 0.137 e. The molecule has 2 N–H and O–H groups in total. The SMILES string of the molecule is N[C@H](C=O)Cc1ccc(F)cc1. The molecule has 0 spiro atoms. The second-order valence-corrected chi connectivity index (χ2v) is 2.63. The van der Waals surface area contributed by atoms with Crippen LogP contribution < -0.4 is 5.73 Å². The third-order valence-corrected chi connectivity index (χ3v) is 1.56. The van der Waals surface area contributed by atoms with Crippen molar-refractivity contribution in [2.45, 2.75) is 12.5 Å². The van der Waals surface area contributed by atoms with Crippen LogP contribution in [0, 0.1) is 5.82 Å². The van der Waals surface area contributed by atoms with Gasteiger partial charge in [0.25, 0.3) is 0 Å². The standard InChI is InChI=1S/C9H10FNO/c10-8-3-1-7(2-4-8)5-9(11)6-12/h1-4,6,9H,5,11H2/t9-/m0/s1. The summed E-state index contributed by atoms with van der Waals surface area (Å²) in [4.78, 5) is 10.2. The molecule has 0 bridgehead atoms. The molecule has 0 unspecified atom stereocenters. The number of carbonyl (C=O) groups is 1. The fourth-order valence-corrected chi connectivity index (χ4v) is 0.941. The van der Waals surface area contributed by atoms with Gasteiger partial charge in [-0.2, -0.15) is 0 Å². The van der Waals surface area contributed by atoms with Gasteiger partial charge in [0.05, 0.1) is 6.04 Å². The van der Waals surface area contributed by atoms with E-state index in [0.29, 0.717) is 12.7 Å². The van der Waals surface area contributed by atoms with Crippen LogP contribution in [0.15, 0.2) is 24.3 Å². The normalized spacial score (nSPS) is 12.5. The Hall–Kier alpha value is -1.22. The van der Waals surface area contributed by atoms with Gasteiger partial charge in [-0.05, 0) is 24.1 Å². The molecule has 0 aromatic heterocycles. The lowest BCUT2D eigenvalue weighted by atomic mass is 10.1. The van der Waals surface area contributed by atoms with Crippen molar-refractivity contribution in [1.82, 2.24) is 0 Å². The van der Waals surface area contributed by atoms with Crippen LogP contribution in [0.2, 0.25) is 0 Å². The van der Waals surface area contributed by atoms with Crippen LogP contribution >= 0.6 is 0 Å². The number of rotatable bonds is 3. The Morgan fingerprint density at radius 1 is 1.42 bits per heavy atom. The monoisotopic (exact) mass is 167 g/mol. The number of carbonyl (C=O) groups excluding carboxylic acids is 1. The van der Waals surface area contributed by atoms with E-state index >= 15 is 0 Å². The van der Waals surface area contributed by atoms with Gasteiger partial charge in [0.15, 0.2) is 0 Å². The molecule has 0 aliphatic carbocycles. The highest BCUT2D eigenvalue weighted by atomic mass is 19.1. The highest BCUT2D eigenvalue weighted by Gasteiger charge is 2.01. The summed E-state index contributed by atoms with van der Waals surface area (Å²) in [6.07, 6.45) is 1.15. The summed E-state index contributed by atoms with van der Waals surface area (Å²) in [5.74, 6) is -0.279. The van der Waals surface area contributed by atoms with Crippen molar-refractivity contribution >= 4 is 6.29 Å². The molecule has 1 rings (SSSR count). The summed E-state index contributed by atoms with van der Waals surface area (Å²) >= 11 is 0. The van der Waals surface area contributed by atoms with Crippen molar-refractivity contribution in [3.05, 3.63) is 35.6 Å². The predicted octanol–water partition coefficient (Wildman–Crippen LogP) is 0.894. The van der Waals surface area contributed by atoms with E-state index in [1.165, 1.54) is 12.1 Å². The molecular formula is C9H10FNO. The number of nitrogens with two attached hydrogens (primary N) is 1. The lowest BCUT2D eigenvalue weighted by Crippen LogP contribution is -2.23. The van der Waals surface area contributed by atoms with Gasteiger partial charge < -0.3 is 10.5 Å². The number of benzene rings is 1. The number of aldehydes is 1. The average molecular weight is 167 g/mol. The molecule has 12 heavy (non-hydrogen) atoms. The maximum atomic E-state index is 12.4. The second-order valence-electron chi connectivity index (χ2n) is 2.63. The first-order valence-electron chi connectivity index (χ1n) is 3.67. The lowest BCUT2D eigenvalue weighted by Gasteiger charge is -2.02. The zero-order valence-corrected chi connectivity index (χ0v) is 6.53. The minimum Gasteiger partial charge on any atom is -0.321 e. The van der Waals surface area contributed by atoms with E-state index in [-0.39, 0.29) is 5.82 Å². The molecule has 64 valence electrons. The highest BCUT2D eigenvalue weighted by Crippen LogP contribution is 2.03. The smallest absolute Gasteiger partial charge is 0.137 e. The molecule has 0 saturated carbocycles. The Bertz CT molecular complexity index is 258. The van der Waals surface area contributed by atoms with Crippen molar-refractivity contribution in [3.63, 3.8) is 0 Å². The highest BCUT2D eigenvalue weighted by molar-refractivity contribution is 5.57. The van der Waals surface area contributed by atoms with Crippen LogP contribution in [0.1, 0.15) is 5.56 Å². The van der Waals surface area contributed by atoms with Gasteiger partial charge in [-0.15, -0.1) is 0 Å². The fraction of sp³-hybridized carbons (Fsp3) is 0.222. The Labute approximate surface area is 70.2 Å². The quantitative estimate of drug-likeness (QED) is 0.679. The van der Waals surface area contributed by atoms with E-state index < -0.39 is 6.04 Å². The molecule has 0 aliphatic rings. The first-order valence-corrected chi connectivity index (χ1v) is 3.67. The largest absolute Gasteiger partial charge is 0.321 e. The van der Waals surface area contributed by atoms with Gasteiger partial charge >= 0.3 is 0 Å². The molecule has 1 aromatic rings. The van der Waals surface area contributed by atoms with Crippen molar-refractivity contribution < 1.29 is 9.18 Å². The molecule has 0 fully saturated rings. The van der Waals surface area contributed by atoms with E-state index in [0.717, 1.165) is 5.56 Å². The number of halogens is 1. The van der Waals surface area contributed by atoms with Crippen molar-refractivity contribution in [1.29, 1.82) is 0 Å². The van der Waals surface area contributed by atoms with E-state index in [4.69, 9.17) is 5.73 Å². The third-order valence-electron chi connectivity index (χ3n) is 1.56. The minimum absolute atomic E-state index is 0.279. The zero-order chi connectivity index (χ0) is 8.97. The Balaban J connectivity index is 2.64. The van der Waals surface area contributed by atoms with Gasteiger partial charge in [-0.1, -0.05) is 12.1 Å². The molecular weight excluding hydrogens is 157 g/mol. The van der Waals surface area contributed by atoms with Crippen LogP contribution in [0.3, 0.4) is 0 Å². The Kier molecular flexibility index (Phi) is 2.94. The van der Waals surface area contributed by atoms with E-state index in [1.54, 1.807) is 12.1 Å². The van der Waals surface area contributed by atoms with Crippen LogP contribution in [-0.4, -0.2) is 12.3 Å². The van der Waals surface area contributed by atoms with Gasteiger partial charge in [-0.3, -0.25) is 0 Å². The molecule has 1 atom stereocenters. The van der Waals surface area contributed by atoms with Gasteiger partial charge in [0, 0.05) is 0 Å². The summed E-state index contributed by atoms with van der Waals surface area (Å²) in [5, 5.41) is 0. The van der Waals surface area contributed by atoms with Crippen LogP contribution in [-0.2, 0) is 11.2 Å². The third kappa shape index (κ3) is 2.43. The zero-order valence-electron chi connectivity index (χ0n) is 6.53. The number of hydrogen-bond donors (Lipinski definition) is 1. The summed E-state index contributed by atoms with van der Waals surface area (Å²) in [5.41, 5.74) is 6.25. The van der Waals surface area contributed by atoms with Crippen molar-refractivity contribution in [2.75, 3.05) is 0 Å². The molecule has 2 nitrogen and oxygen atoms in total. The van der Waals surface area contributed by atoms with Crippen molar-refractivity contribution in [3.8, 4) is 0 Å². The lowest BCUT2D eigenvalue weighted by molar-refractivity contribution is -0.108. The average Bonchev–Trinajstić information content (AvgIpc) is 2.09. The fourth-order valence-electron chi connectivity index (χ4n) is 0.941. The summed E-state index contributed by atoms with van der Waals surface area (Å²) < 4.78 is 12.4. The van der Waals surface area contributed by atoms with E-state index in [1.807, 2.05) is 0 Å². The first kappa shape index (κ1) is 8.87. The Morgan fingerprint density at radius 3 is 2.50 bits per heavy atom. The van der Waals surface area contributed by atoms with Crippen LogP contribution in [0.25, 0.3) is 0 Å². The second kappa shape index (κ2) is 3.97. The Morgan fingerprint density at radius 2 is 2.00 bits per heavy atom. The van der Waals surface area contributed by atoms with Gasteiger partial charge in [-0.25, -0.2) is 4.39 Å². The van der Waals surface area contributed by atoms with Gasteiger partial charge in [0.2, 0.25) is 0 Å². The first-order chi connectivity index (χ1) is 5.72. The number of hydrogen-bond acceptors (Lipinski definition) is 2. The molecule has 0 radical (unpaired) electrons. The maximum absolute atomic E-state index is 12.4. The molecule has 0 heterocycles. The molecule has 0 aliphatic heterocycles. The van der Waals surface area contributed by atoms with Crippen LogP contribution in [0.5, 0.6) is 0 Å². The predicted molar refractivity (Wildman–Crippen MR) is 44.1 cm³/mol. The molecule has 0 saturated heterocycles. The molecule has 3 heteroatoms. The summed E-state index contributed by atoms with van der Waals surface area (Å²) in [7, 11) is 0. The topological polar surface area (TPSA) is 43.1 Å². The van der Waals surface area contributed by atoms with Gasteiger partial charge in [0.1, 0.15) is 12.1 Å². The molecule has 1 aromatic carbocycles. The van der Waals surface area contributed by atoms with E-state index in [9.17, 15) is 9.18 Å². The summed E-state index contributed by atoms with van der Waals surface area (Å²) in [6.45, 7) is 0. The molecule has 0 amide bonds. The minimum atomic E-state index is -0.490. The summed E-state index contributed by atoms with van der Waals surface area (Å²) in [6, 6.07) is 5.47. The van der Waals surface area contributed by atoms with E-state index in [2.05, 4.69) is 0 Å². The van der Waals surface area contributed by atoms with Crippen LogP contribution in [0.4, 0.5) is 4.39 Å². The van der Waals surface area contributed by atoms with Crippen molar-refractivity contribution in [2.24, 2.45) is 5.73 Å².